The van der Waals surface area contributed by atoms with Gasteiger partial charge in [0.15, 0.2) is 5.84 Å². The number of nitrogens with zero attached hydrogens (tertiary/aromatic N) is 1. The molecule has 1 aromatic carbocycles. The van der Waals surface area contributed by atoms with E-state index in [-0.39, 0.29) is 17.8 Å². The summed E-state index contributed by atoms with van der Waals surface area (Å²) in [5.74, 6) is 0.222. The maximum absolute atomic E-state index is 12.6. The van der Waals surface area contributed by atoms with E-state index in [1.165, 1.54) is 0 Å². The van der Waals surface area contributed by atoms with Crippen LogP contribution in [0.25, 0.3) is 0 Å². The Balaban J connectivity index is 2.13. The van der Waals surface area contributed by atoms with Gasteiger partial charge in [0.25, 0.3) is 0 Å². The van der Waals surface area contributed by atoms with Crippen LogP contribution in [-0.2, 0) is 4.79 Å². The highest BCUT2D eigenvalue weighted by molar-refractivity contribution is 9.10. The molecule has 0 aromatic heterocycles. The molecule has 21 heavy (non-hydrogen) atoms. The highest BCUT2D eigenvalue weighted by Crippen LogP contribution is 2.46. The molecule has 0 spiro atoms. The van der Waals surface area contributed by atoms with Gasteiger partial charge in [-0.25, -0.2) is 0 Å². The maximum Gasteiger partial charge on any atom is 0.234 e. The lowest BCUT2D eigenvalue weighted by Gasteiger charge is -2.44. The summed E-state index contributed by atoms with van der Waals surface area (Å²) in [6, 6.07) is 7.63. The summed E-state index contributed by atoms with van der Waals surface area (Å²) in [7, 11) is 0. The Labute approximate surface area is 132 Å². The minimum atomic E-state index is -0.867. The van der Waals surface area contributed by atoms with Gasteiger partial charge in [0, 0.05) is 4.47 Å². The molecule has 1 atom stereocenters. The molecule has 1 aromatic rings. The van der Waals surface area contributed by atoms with Gasteiger partial charge in [0.05, 0.1) is 6.04 Å². The van der Waals surface area contributed by atoms with E-state index >= 15 is 0 Å². The van der Waals surface area contributed by atoms with E-state index in [4.69, 9.17) is 10.9 Å². The van der Waals surface area contributed by atoms with Gasteiger partial charge in [-0.1, -0.05) is 40.1 Å². The number of amides is 1. The van der Waals surface area contributed by atoms with Crippen LogP contribution in [0, 0.1) is 11.3 Å². The van der Waals surface area contributed by atoms with E-state index < -0.39 is 5.41 Å². The number of carbonyl (C=O) groups is 1. The highest BCUT2D eigenvalue weighted by atomic mass is 79.9. The molecule has 2 rings (SSSR count). The molecule has 1 saturated carbocycles. The van der Waals surface area contributed by atoms with Crippen LogP contribution >= 0.6 is 15.9 Å². The van der Waals surface area contributed by atoms with Gasteiger partial charge in [0.1, 0.15) is 5.41 Å². The van der Waals surface area contributed by atoms with Crippen molar-refractivity contribution in [3.63, 3.8) is 0 Å². The molecule has 6 heteroatoms. The van der Waals surface area contributed by atoms with Crippen molar-refractivity contribution < 1.29 is 10.0 Å². The number of amidine groups is 1. The Morgan fingerprint density at radius 2 is 2.24 bits per heavy atom. The highest BCUT2D eigenvalue weighted by Gasteiger charge is 2.52. The van der Waals surface area contributed by atoms with Crippen LogP contribution in [0.3, 0.4) is 0 Å². The van der Waals surface area contributed by atoms with E-state index in [1.807, 2.05) is 38.1 Å². The summed E-state index contributed by atoms with van der Waals surface area (Å²) >= 11 is 3.42. The molecule has 4 N–H and O–H groups in total. The SMILES string of the molecule is CC1CC(C(=O)NC(C)c2cccc(Br)c2)(/C(N)=N/O)C1. The Kier molecular flexibility index (Phi) is 4.56. The van der Waals surface area contributed by atoms with Gasteiger partial charge in [0.2, 0.25) is 5.91 Å². The van der Waals surface area contributed by atoms with Crippen molar-refractivity contribution in [3.8, 4) is 0 Å². The molecule has 0 radical (unpaired) electrons. The summed E-state index contributed by atoms with van der Waals surface area (Å²) in [6.07, 6.45) is 1.22. The fourth-order valence-electron chi connectivity index (χ4n) is 2.93. The lowest BCUT2D eigenvalue weighted by Crippen LogP contribution is -2.57. The Morgan fingerprint density at radius 3 is 2.76 bits per heavy atom. The molecule has 1 unspecified atom stereocenters. The van der Waals surface area contributed by atoms with E-state index in [9.17, 15) is 4.79 Å². The minimum Gasteiger partial charge on any atom is -0.409 e. The Morgan fingerprint density at radius 1 is 1.57 bits per heavy atom. The first kappa shape index (κ1) is 15.8. The number of rotatable bonds is 4. The van der Waals surface area contributed by atoms with Gasteiger partial charge in [-0.3, -0.25) is 4.79 Å². The zero-order valence-corrected chi connectivity index (χ0v) is 13.7. The molecular weight excluding hydrogens is 334 g/mol. The standard InChI is InChI=1S/C15H20BrN3O2/c1-9-7-15(8-9,13(17)19-21)14(20)18-10(2)11-4-3-5-12(16)6-11/h3-6,9-10,21H,7-8H2,1-2H3,(H2,17,19)(H,18,20). The van der Waals surface area contributed by atoms with E-state index in [2.05, 4.69) is 26.4 Å². The summed E-state index contributed by atoms with van der Waals surface area (Å²) in [6.45, 7) is 3.97. The monoisotopic (exact) mass is 353 g/mol. The van der Waals surface area contributed by atoms with Crippen molar-refractivity contribution in [2.24, 2.45) is 22.2 Å². The van der Waals surface area contributed by atoms with E-state index in [0.29, 0.717) is 18.8 Å². The number of hydrogen-bond acceptors (Lipinski definition) is 3. The van der Waals surface area contributed by atoms with Gasteiger partial charge < -0.3 is 16.3 Å². The fraction of sp³-hybridized carbons (Fsp3) is 0.467. The van der Waals surface area contributed by atoms with Crippen LogP contribution in [0.1, 0.15) is 38.3 Å². The first-order valence-corrected chi connectivity index (χ1v) is 7.73. The van der Waals surface area contributed by atoms with Crippen molar-refractivity contribution in [2.45, 2.75) is 32.7 Å². The maximum atomic E-state index is 12.6. The van der Waals surface area contributed by atoms with Gasteiger partial charge in [-0.2, -0.15) is 0 Å². The third-order valence-electron chi connectivity index (χ3n) is 4.12. The zero-order valence-electron chi connectivity index (χ0n) is 12.1. The number of hydrogen-bond donors (Lipinski definition) is 3. The number of carbonyl (C=O) groups excluding carboxylic acids is 1. The van der Waals surface area contributed by atoms with Crippen LogP contribution in [0.4, 0.5) is 0 Å². The van der Waals surface area contributed by atoms with Crippen LogP contribution in [0.5, 0.6) is 0 Å². The predicted octanol–water partition coefficient (Wildman–Crippen LogP) is 2.79. The molecule has 1 amide bonds. The third kappa shape index (κ3) is 3.05. The van der Waals surface area contributed by atoms with Crippen LogP contribution in [0.2, 0.25) is 0 Å². The van der Waals surface area contributed by atoms with E-state index in [1.54, 1.807) is 0 Å². The molecule has 0 bridgehead atoms. The average Bonchev–Trinajstić information content (AvgIpc) is 2.42. The first-order valence-electron chi connectivity index (χ1n) is 6.93. The number of halogens is 1. The van der Waals surface area contributed by atoms with Crippen molar-refractivity contribution in [2.75, 3.05) is 0 Å². The fourth-order valence-corrected chi connectivity index (χ4v) is 3.35. The van der Waals surface area contributed by atoms with Crippen LogP contribution < -0.4 is 11.1 Å². The normalized spacial score (nSPS) is 26.8. The quantitative estimate of drug-likeness (QED) is 0.336. The van der Waals surface area contributed by atoms with Gasteiger partial charge in [-0.15, -0.1) is 0 Å². The topological polar surface area (TPSA) is 87.7 Å². The molecule has 0 heterocycles. The number of nitrogens with two attached hydrogens (primary N) is 1. The van der Waals surface area contributed by atoms with Crippen molar-refractivity contribution in [1.82, 2.24) is 5.32 Å². The lowest BCUT2D eigenvalue weighted by molar-refractivity contribution is -0.133. The molecule has 114 valence electrons. The van der Waals surface area contributed by atoms with Crippen LogP contribution in [0.15, 0.2) is 33.9 Å². The largest absolute Gasteiger partial charge is 0.409 e. The van der Waals surface area contributed by atoms with E-state index in [0.717, 1.165) is 10.0 Å². The molecular formula is C15H20BrN3O2. The second-order valence-corrected chi connectivity index (χ2v) is 6.75. The molecule has 1 aliphatic carbocycles. The van der Waals surface area contributed by atoms with Gasteiger partial charge in [-0.05, 0) is 43.4 Å². The lowest BCUT2D eigenvalue weighted by atomic mass is 9.61. The molecule has 1 aliphatic rings. The first-order chi connectivity index (χ1) is 9.89. The number of nitrogens with one attached hydrogen (secondary N) is 1. The molecule has 0 aliphatic heterocycles. The summed E-state index contributed by atoms with van der Waals surface area (Å²) in [4.78, 5) is 12.6. The minimum absolute atomic E-state index is 0.000424. The molecule has 0 saturated heterocycles. The average molecular weight is 354 g/mol. The number of benzene rings is 1. The summed E-state index contributed by atoms with van der Waals surface area (Å²) in [5.41, 5.74) is 5.88. The second kappa shape index (κ2) is 6.05. The summed E-state index contributed by atoms with van der Waals surface area (Å²) < 4.78 is 0.963. The Hall–Kier alpha value is -1.56. The summed E-state index contributed by atoms with van der Waals surface area (Å²) in [5, 5.41) is 15.0. The second-order valence-electron chi connectivity index (χ2n) is 5.83. The van der Waals surface area contributed by atoms with Crippen molar-refractivity contribution in [3.05, 3.63) is 34.3 Å². The molecule has 1 fully saturated rings. The third-order valence-corrected chi connectivity index (χ3v) is 4.62. The molecule has 5 nitrogen and oxygen atoms in total. The van der Waals surface area contributed by atoms with Gasteiger partial charge >= 0.3 is 0 Å². The Bertz CT molecular complexity index is 568. The van der Waals surface area contributed by atoms with Crippen molar-refractivity contribution >= 4 is 27.7 Å². The number of oxime groups is 1. The van der Waals surface area contributed by atoms with Crippen LogP contribution in [-0.4, -0.2) is 17.0 Å². The van der Waals surface area contributed by atoms with Crippen molar-refractivity contribution in [1.29, 1.82) is 0 Å². The predicted molar refractivity (Wildman–Crippen MR) is 84.9 cm³/mol. The smallest absolute Gasteiger partial charge is 0.234 e. The zero-order chi connectivity index (χ0) is 15.6.